The lowest BCUT2D eigenvalue weighted by Gasteiger charge is -2.17. The number of likely N-dealkylation sites (N-methyl/N-ethyl adjacent to an activating group) is 1. The summed E-state index contributed by atoms with van der Waals surface area (Å²) >= 11 is 0. The van der Waals surface area contributed by atoms with Crippen LogP contribution in [0.3, 0.4) is 0 Å². The summed E-state index contributed by atoms with van der Waals surface area (Å²) in [5.41, 5.74) is 0.412. The number of rotatable bonds is 6. The summed E-state index contributed by atoms with van der Waals surface area (Å²) in [6.07, 6.45) is 3.48. The zero-order chi connectivity index (χ0) is 11.0. The Morgan fingerprint density at radius 1 is 1.21 bits per heavy atom. The van der Waals surface area contributed by atoms with Crippen molar-refractivity contribution in [1.29, 1.82) is 0 Å². The van der Waals surface area contributed by atoms with Crippen LogP contribution in [0.4, 0.5) is 0 Å². The van der Waals surface area contributed by atoms with Crippen LogP contribution in [-0.2, 0) is 4.79 Å². The normalized spacial score (nSPS) is 11.4. The quantitative estimate of drug-likeness (QED) is 0.639. The molecule has 3 heteroatoms. The fraction of sp³-hybridized carbons (Fsp3) is 0.909. The van der Waals surface area contributed by atoms with Crippen molar-refractivity contribution in [3.05, 3.63) is 0 Å². The Hall–Kier alpha value is -0.570. The molecule has 0 unspecified atom stereocenters. The van der Waals surface area contributed by atoms with Crippen molar-refractivity contribution in [1.82, 2.24) is 10.6 Å². The lowest BCUT2D eigenvalue weighted by atomic mass is 9.90. The van der Waals surface area contributed by atoms with E-state index >= 15 is 0 Å². The predicted molar refractivity (Wildman–Crippen MR) is 60.2 cm³/mol. The highest BCUT2D eigenvalue weighted by Gasteiger charge is 2.08. The predicted octanol–water partition coefficient (Wildman–Crippen LogP) is 1.54. The Morgan fingerprint density at radius 2 is 1.86 bits per heavy atom. The van der Waals surface area contributed by atoms with Gasteiger partial charge < -0.3 is 10.6 Å². The molecule has 0 rings (SSSR count). The van der Waals surface area contributed by atoms with Gasteiger partial charge in [0.05, 0.1) is 6.54 Å². The average molecular weight is 200 g/mol. The highest BCUT2D eigenvalue weighted by molar-refractivity contribution is 5.77. The second-order valence-corrected chi connectivity index (χ2v) is 4.90. The van der Waals surface area contributed by atoms with Gasteiger partial charge in [-0.3, -0.25) is 4.79 Å². The van der Waals surface area contributed by atoms with Crippen LogP contribution in [0.5, 0.6) is 0 Å². The van der Waals surface area contributed by atoms with Crippen LogP contribution in [0.1, 0.15) is 40.0 Å². The van der Waals surface area contributed by atoms with E-state index in [1.807, 2.05) is 0 Å². The van der Waals surface area contributed by atoms with Crippen molar-refractivity contribution in [2.45, 2.75) is 40.0 Å². The van der Waals surface area contributed by atoms with Gasteiger partial charge in [0.1, 0.15) is 0 Å². The van der Waals surface area contributed by atoms with Crippen LogP contribution in [0.15, 0.2) is 0 Å². The number of hydrogen-bond donors (Lipinski definition) is 2. The summed E-state index contributed by atoms with van der Waals surface area (Å²) in [5, 5.41) is 5.69. The largest absolute Gasteiger partial charge is 0.355 e. The van der Waals surface area contributed by atoms with Gasteiger partial charge in [-0.2, -0.15) is 0 Å². The molecule has 0 radical (unpaired) electrons. The van der Waals surface area contributed by atoms with Gasteiger partial charge in [0.2, 0.25) is 5.91 Å². The molecule has 1 amide bonds. The molecule has 0 saturated carbocycles. The van der Waals surface area contributed by atoms with Gasteiger partial charge in [0.15, 0.2) is 0 Å². The molecule has 0 aromatic rings. The second-order valence-electron chi connectivity index (χ2n) is 4.90. The van der Waals surface area contributed by atoms with Gasteiger partial charge in [-0.1, -0.05) is 27.2 Å². The summed E-state index contributed by atoms with van der Waals surface area (Å²) in [5.74, 6) is 0.0864. The number of nitrogens with one attached hydrogen (secondary N) is 2. The highest BCUT2D eigenvalue weighted by Crippen LogP contribution is 2.20. The van der Waals surface area contributed by atoms with Gasteiger partial charge in [0, 0.05) is 6.54 Å². The first-order valence-electron chi connectivity index (χ1n) is 5.37. The number of carbonyl (C=O) groups excluding carboxylic acids is 1. The van der Waals surface area contributed by atoms with Gasteiger partial charge in [-0.25, -0.2) is 0 Å². The van der Waals surface area contributed by atoms with E-state index in [1.165, 1.54) is 12.8 Å². The molecule has 0 saturated heterocycles. The van der Waals surface area contributed by atoms with Gasteiger partial charge in [0.25, 0.3) is 0 Å². The van der Waals surface area contributed by atoms with Crippen molar-refractivity contribution in [2.75, 3.05) is 20.1 Å². The Morgan fingerprint density at radius 3 is 2.36 bits per heavy atom. The van der Waals surface area contributed by atoms with Crippen molar-refractivity contribution in [3.63, 3.8) is 0 Å². The minimum Gasteiger partial charge on any atom is -0.355 e. The molecule has 0 aromatic heterocycles. The van der Waals surface area contributed by atoms with Gasteiger partial charge >= 0.3 is 0 Å². The van der Waals surface area contributed by atoms with E-state index in [0.29, 0.717) is 12.0 Å². The minimum atomic E-state index is 0.0864. The average Bonchev–Trinajstić information content (AvgIpc) is 2.02. The summed E-state index contributed by atoms with van der Waals surface area (Å²) < 4.78 is 0. The first-order chi connectivity index (χ1) is 6.45. The van der Waals surface area contributed by atoms with Crippen molar-refractivity contribution in [3.8, 4) is 0 Å². The molecule has 0 bridgehead atoms. The van der Waals surface area contributed by atoms with Crippen LogP contribution < -0.4 is 10.6 Å². The van der Waals surface area contributed by atoms with Crippen LogP contribution >= 0.6 is 0 Å². The standard InChI is InChI=1S/C11H24N2O/c1-11(2,3)7-5-6-8-13-10(14)9-12-4/h12H,5-9H2,1-4H3,(H,13,14). The molecule has 3 nitrogen and oxygen atoms in total. The second kappa shape index (κ2) is 6.82. The van der Waals surface area contributed by atoms with Gasteiger partial charge in [-0.15, -0.1) is 0 Å². The SMILES string of the molecule is CNCC(=O)NCCCCC(C)(C)C. The summed E-state index contributed by atoms with van der Waals surface area (Å²) in [7, 11) is 1.78. The molecular weight excluding hydrogens is 176 g/mol. The number of carbonyl (C=O) groups is 1. The molecule has 14 heavy (non-hydrogen) atoms. The number of amides is 1. The molecule has 0 atom stereocenters. The topological polar surface area (TPSA) is 41.1 Å². The molecule has 0 aliphatic rings. The number of unbranched alkanes of at least 4 members (excludes halogenated alkanes) is 1. The van der Waals surface area contributed by atoms with Crippen molar-refractivity contribution in [2.24, 2.45) is 5.41 Å². The Balaban J connectivity index is 3.26. The maximum atomic E-state index is 11.0. The third-order valence-corrected chi connectivity index (χ3v) is 2.01. The zero-order valence-corrected chi connectivity index (χ0v) is 9.94. The van der Waals surface area contributed by atoms with Crippen LogP contribution in [0.2, 0.25) is 0 Å². The van der Waals surface area contributed by atoms with Gasteiger partial charge in [-0.05, 0) is 25.3 Å². The maximum Gasteiger partial charge on any atom is 0.233 e. The van der Waals surface area contributed by atoms with Crippen LogP contribution in [0.25, 0.3) is 0 Å². The third-order valence-electron chi connectivity index (χ3n) is 2.01. The molecule has 0 fully saturated rings. The molecule has 0 aliphatic carbocycles. The van der Waals surface area contributed by atoms with E-state index in [4.69, 9.17) is 0 Å². The lowest BCUT2D eigenvalue weighted by molar-refractivity contribution is -0.120. The molecular formula is C11H24N2O. The van der Waals surface area contributed by atoms with Crippen LogP contribution in [-0.4, -0.2) is 26.0 Å². The Kier molecular flexibility index (Phi) is 6.54. The summed E-state index contributed by atoms with van der Waals surface area (Å²) in [4.78, 5) is 11.0. The van der Waals surface area contributed by atoms with E-state index in [2.05, 4.69) is 31.4 Å². The monoisotopic (exact) mass is 200 g/mol. The first kappa shape index (κ1) is 13.4. The molecule has 0 aliphatic heterocycles. The minimum absolute atomic E-state index is 0.0864. The van der Waals surface area contributed by atoms with E-state index in [0.717, 1.165) is 13.0 Å². The smallest absolute Gasteiger partial charge is 0.233 e. The fourth-order valence-electron chi connectivity index (χ4n) is 1.23. The van der Waals surface area contributed by atoms with E-state index < -0.39 is 0 Å². The van der Waals surface area contributed by atoms with Crippen molar-refractivity contribution < 1.29 is 4.79 Å². The van der Waals surface area contributed by atoms with E-state index in [1.54, 1.807) is 7.05 Å². The zero-order valence-electron chi connectivity index (χ0n) is 9.94. The molecule has 84 valence electrons. The van der Waals surface area contributed by atoms with E-state index in [9.17, 15) is 4.79 Å². The molecule has 0 heterocycles. The maximum absolute atomic E-state index is 11.0. The summed E-state index contributed by atoms with van der Waals surface area (Å²) in [6.45, 7) is 7.95. The molecule has 0 aromatic carbocycles. The van der Waals surface area contributed by atoms with Crippen molar-refractivity contribution >= 4 is 5.91 Å². The number of hydrogen-bond acceptors (Lipinski definition) is 2. The van der Waals surface area contributed by atoms with E-state index in [-0.39, 0.29) is 5.91 Å². The molecule has 2 N–H and O–H groups in total. The Bertz CT molecular complexity index is 161. The van der Waals surface area contributed by atoms with Crippen LogP contribution in [0, 0.1) is 5.41 Å². The first-order valence-corrected chi connectivity index (χ1v) is 5.37. The lowest BCUT2D eigenvalue weighted by Crippen LogP contribution is -2.32. The Labute approximate surface area is 87.6 Å². The molecule has 0 spiro atoms. The highest BCUT2D eigenvalue weighted by atomic mass is 16.1. The third kappa shape index (κ3) is 9.52. The summed E-state index contributed by atoms with van der Waals surface area (Å²) in [6, 6.07) is 0. The fourth-order valence-corrected chi connectivity index (χ4v) is 1.23.